The van der Waals surface area contributed by atoms with E-state index in [1.54, 1.807) is 17.4 Å². The Hall–Kier alpha value is -1.08. The van der Waals surface area contributed by atoms with Crippen molar-refractivity contribution in [3.8, 4) is 11.6 Å². The molecule has 20 heavy (non-hydrogen) atoms. The third-order valence-electron chi connectivity index (χ3n) is 2.81. The van der Waals surface area contributed by atoms with Gasteiger partial charge in [0.1, 0.15) is 5.75 Å². The van der Waals surface area contributed by atoms with Gasteiger partial charge in [-0.2, -0.15) is 4.98 Å². The second-order valence-electron chi connectivity index (χ2n) is 4.13. The molecule has 3 aromatic rings. The lowest BCUT2D eigenvalue weighted by Gasteiger charge is -2.07. The van der Waals surface area contributed by atoms with Gasteiger partial charge in [-0.15, -0.1) is 11.3 Å². The number of rotatable bonds is 4. The zero-order chi connectivity index (χ0) is 14.1. The van der Waals surface area contributed by atoms with Crippen molar-refractivity contribution in [2.45, 2.75) is 6.42 Å². The van der Waals surface area contributed by atoms with Gasteiger partial charge in [-0.25, -0.2) is 0 Å². The standard InChI is InChI=1S/C13H11BrClN3OS/c14-8-1-2-9(15)11(7-8)19-12-10(3-4-16)18-5-6-20-13(18)17-12/h1-2,5-7H,3-4,16H2. The summed E-state index contributed by atoms with van der Waals surface area (Å²) in [6, 6.07) is 5.46. The third kappa shape index (κ3) is 2.56. The zero-order valence-electron chi connectivity index (χ0n) is 10.3. The van der Waals surface area contributed by atoms with Crippen molar-refractivity contribution in [3.05, 3.63) is 45.0 Å². The molecule has 0 amide bonds. The SMILES string of the molecule is NCCc1c(Oc2cc(Br)ccc2Cl)nc2sccn12. The van der Waals surface area contributed by atoms with Crippen molar-refractivity contribution in [3.63, 3.8) is 0 Å². The Morgan fingerprint density at radius 1 is 1.45 bits per heavy atom. The van der Waals surface area contributed by atoms with Crippen LogP contribution in [0.25, 0.3) is 4.96 Å². The third-order valence-corrected chi connectivity index (χ3v) is 4.37. The first kappa shape index (κ1) is 13.9. The molecule has 0 spiro atoms. The van der Waals surface area contributed by atoms with Crippen molar-refractivity contribution in [2.24, 2.45) is 5.73 Å². The van der Waals surface area contributed by atoms with Crippen molar-refractivity contribution in [1.82, 2.24) is 9.38 Å². The molecule has 2 aromatic heterocycles. The van der Waals surface area contributed by atoms with E-state index in [-0.39, 0.29) is 0 Å². The van der Waals surface area contributed by atoms with Crippen molar-refractivity contribution >= 4 is 43.8 Å². The molecule has 0 aliphatic carbocycles. The number of nitrogens with two attached hydrogens (primary N) is 1. The van der Waals surface area contributed by atoms with E-state index in [0.717, 1.165) is 15.1 Å². The minimum Gasteiger partial charge on any atom is -0.436 e. The van der Waals surface area contributed by atoms with Crippen LogP contribution >= 0.6 is 38.9 Å². The first-order valence-corrected chi connectivity index (χ1v) is 8.01. The van der Waals surface area contributed by atoms with Gasteiger partial charge in [0.05, 0.1) is 10.7 Å². The molecule has 104 valence electrons. The fourth-order valence-electron chi connectivity index (χ4n) is 1.92. The predicted octanol–water partition coefficient (Wildman–Crippen LogP) is 4.11. The average Bonchev–Trinajstić information content (AvgIpc) is 2.98. The molecule has 0 unspecified atom stereocenters. The molecule has 7 heteroatoms. The first-order chi connectivity index (χ1) is 9.69. The molecule has 3 rings (SSSR count). The van der Waals surface area contributed by atoms with Gasteiger partial charge in [0.2, 0.25) is 5.88 Å². The van der Waals surface area contributed by atoms with Crippen molar-refractivity contribution < 1.29 is 4.74 Å². The van der Waals surface area contributed by atoms with Crippen LogP contribution in [0.15, 0.2) is 34.2 Å². The highest BCUT2D eigenvalue weighted by Crippen LogP contribution is 2.34. The summed E-state index contributed by atoms with van der Waals surface area (Å²) in [5.74, 6) is 1.13. The minimum atomic E-state index is 0.534. The molecule has 2 heterocycles. The van der Waals surface area contributed by atoms with Gasteiger partial charge in [-0.3, -0.25) is 4.40 Å². The summed E-state index contributed by atoms with van der Waals surface area (Å²) in [4.78, 5) is 5.37. The monoisotopic (exact) mass is 371 g/mol. The Morgan fingerprint density at radius 3 is 3.10 bits per heavy atom. The molecule has 2 N–H and O–H groups in total. The number of imidazole rings is 1. The van der Waals surface area contributed by atoms with E-state index in [2.05, 4.69) is 20.9 Å². The second-order valence-corrected chi connectivity index (χ2v) is 6.33. The predicted molar refractivity (Wildman–Crippen MR) is 85.1 cm³/mol. The molecule has 1 aromatic carbocycles. The first-order valence-electron chi connectivity index (χ1n) is 5.96. The fourth-order valence-corrected chi connectivity index (χ4v) is 3.14. The quantitative estimate of drug-likeness (QED) is 0.750. The smallest absolute Gasteiger partial charge is 0.242 e. The van der Waals surface area contributed by atoms with Crippen LogP contribution in [0.3, 0.4) is 0 Å². The number of ether oxygens (including phenoxy) is 1. The second kappa shape index (κ2) is 5.73. The summed E-state index contributed by atoms with van der Waals surface area (Å²) < 4.78 is 8.77. The zero-order valence-corrected chi connectivity index (χ0v) is 13.5. The largest absolute Gasteiger partial charge is 0.436 e. The van der Waals surface area contributed by atoms with Crippen LogP contribution < -0.4 is 10.5 Å². The van der Waals surface area contributed by atoms with Gasteiger partial charge < -0.3 is 10.5 Å². The summed E-state index contributed by atoms with van der Waals surface area (Å²) in [5, 5.41) is 2.53. The summed E-state index contributed by atoms with van der Waals surface area (Å²) in [7, 11) is 0. The van der Waals surface area contributed by atoms with E-state index < -0.39 is 0 Å². The van der Waals surface area contributed by atoms with Gasteiger partial charge in [0.25, 0.3) is 0 Å². The summed E-state index contributed by atoms with van der Waals surface area (Å²) >= 11 is 11.1. The average molecular weight is 373 g/mol. The molecule has 0 fully saturated rings. The van der Waals surface area contributed by atoms with Gasteiger partial charge in [0.15, 0.2) is 4.96 Å². The number of nitrogens with zero attached hydrogens (tertiary/aromatic N) is 2. The molecule has 4 nitrogen and oxygen atoms in total. The van der Waals surface area contributed by atoms with Crippen LogP contribution in [0, 0.1) is 0 Å². The number of aromatic nitrogens is 2. The van der Waals surface area contributed by atoms with Crippen LogP contribution in [0.4, 0.5) is 0 Å². The van der Waals surface area contributed by atoms with Crippen LogP contribution in [-0.2, 0) is 6.42 Å². The lowest BCUT2D eigenvalue weighted by Crippen LogP contribution is -2.05. The van der Waals surface area contributed by atoms with Crippen molar-refractivity contribution in [2.75, 3.05) is 6.54 Å². The number of benzene rings is 1. The normalized spacial score (nSPS) is 11.2. The van der Waals surface area contributed by atoms with Crippen LogP contribution in [0.5, 0.6) is 11.6 Å². The van der Waals surface area contributed by atoms with E-state index in [4.69, 9.17) is 22.1 Å². The van der Waals surface area contributed by atoms with Crippen LogP contribution in [0.2, 0.25) is 5.02 Å². The maximum Gasteiger partial charge on any atom is 0.242 e. The van der Waals surface area contributed by atoms with Gasteiger partial charge in [-0.05, 0) is 24.7 Å². The Morgan fingerprint density at radius 2 is 2.30 bits per heavy atom. The Bertz CT molecular complexity index is 755. The maximum atomic E-state index is 6.15. The number of hydrogen-bond donors (Lipinski definition) is 1. The molecule has 0 bridgehead atoms. The molecule has 0 saturated carbocycles. The highest BCUT2D eigenvalue weighted by Gasteiger charge is 2.16. The van der Waals surface area contributed by atoms with Gasteiger partial charge in [-0.1, -0.05) is 27.5 Å². The lowest BCUT2D eigenvalue weighted by molar-refractivity contribution is 0.459. The highest BCUT2D eigenvalue weighted by atomic mass is 79.9. The molecule has 0 atom stereocenters. The van der Waals surface area contributed by atoms with E-state index in [0.29, 0.717) is 29.6 Å². The number of fused-ring (bicyclic) bond motifs is 1. The number of thiazole rings is 1. The Balaban J connectivity index is 2.03. The van der Waals surface area contributed by atoms with E-state index >= 15 is 0 Å². The highest BCUT2D eigenvalue weighted by molar-refractivity contribution is 9.10. The number of halogens is 2. The van der Waals surface area contributed by atoms with Gasteiger partial charge in [0, 0.05) is 22.5 Å². The van der Waals surface area contributed by atoms with Gasteiger partial charge >= 0.3 is 0 Å². The number of hydrogen-bond acceptors (Lipinski definition) is 4. The molecule has 0 radical (unpaired) electrons. The molecular weight excluding hydrogens is 362 g/mol. The molecule has 0 aliphatic heterocycles. The van der Waals surface area contributed by atoms with E-state index in [1.807, 2.05) is 28.1 Å². The Kier molecular flexibility index (Phi) is 3.98. The fraction of sp³-hybridized carbons (Fsp3) is 0.154. The van der Waals surface area contributed by atoms with Crippen LogP contribution in [0.1, 0.15) is 5.69 Å². The van der Waals surface area contributed by atoms with E-state index in [1.165, 1.54) is 0 Å². The summed E-state index contributed by atoms with van der Waals surface area (Å²) in [5.41, 5.74) is 6.63. The molecule has 0 saturated heterocycles. The van der Waals surface area contributed by atoms with Crippen molar-refractivity contribution in [1.29, 1.82) is 0 Å². The molecule has 0 aliphatic rings. The topological polar surface area (TPSA) is 52.5 Å². The minimum absolute atomic E-state index is 0.534. The van der Waals surface area contributed by atoms with Crippen LogP contribution in [-0.4, -0.2) is 15.9 Å². The van der Waals surface area contributed by atoms with E-state index in [9.17, 15) is 0 Å². The maximum absolute atomic E-state index is 6.15. The summed E-state index contributed by atoms with van der Waals surface area (Å²) in [6.07, 6.45) is 2.66. The Labute approximate surface area is 133 Å². The lowest BCUT2D eigenvalue weighted by atomic mass is 10.3. The summed E-state index contributed by atoms with van der Waals surface area (Å²) in [6.45, 7) is 0.534. The molecular formula is C13H11BrClN3OS.